The van der Waals surface area contributed by atoms with Crippen LogP contribution in [-0.4, -0.2) is 26.4 Å². The molecule has 0 aliphatic heterocycles. The van der Waals surface area contributed by atoms with Crippen LogP contribution in [0.4, 0.5) is 0 Å². The fourth-order valence-corrected chi connectivity index (χ4v) is 2.13. The molecule has 1 aromatic carbocycles. The predicted molar refractivity (Wildman–Crippen MR) is 79.9 cm³/mol. The first kappa shape index (κ1) is 13.1. The van der Waals surface area contributed by atoms with Gasteiger partial charge in [0.1, 0.15) is 17.5 Å². The number of benzene rings is 1. The van der Waals surface area contributed by atoms with E-state index in [-0.39, 0.29) is 5.56 Å². The van der Waals surface area contributed by atoms with Gasteiger partial charge in [0.2, 0.25) is 0 Å². The monoisotopic (exact) mass is 282 g/mol. The van der Waals surface area contributed by atoms with Gasteiger partial charge in [0.05, 0.1) is 19.0 Å². The van der Waals surface area contributed by atoms with E-state index in [0.717, 1.165) is 11.4 Å². The van der Waals surface area contributed by atoms with Crippen molar-refractivity contribution in [3.05, 3.63) is 59.8 Å². The fraction of sp³-hybridized carbons (Fsp3) is 0.133. The van der Waals surface area contributed by atoms with E-state index in [4.69, 9.17) is 4.74 Å². The number of allylic oxidation sites excluding steroid dienone is 1. The van der Waals surface area contributed by atoms with E-state index in [9.17, 15) is 4.79 Å². The highest BCUT2D eigenvalue weighted by atomic mass is 16.5. The maximum atomic E-state index is 12.3. The SMILES string of the molecule is C=CCn1cnc2c(cnn2-c2ccc(OC)cc2)c1=O. The van der Waals surface area contributed by atoms with E-state index in [2.05, 4.69) is 16.7 Å². The first-order valence-corrected chi connectivity index (χ1v) is 6.43. The van der Waals surface area contributed by atoms with Crippen molar-refractivity contribution in [2.75, 3.05) is 7.11 Å². The van der Waals surface area contributed by atoms with Crippen molar-refractivity contribution >= 4 is 11.0 Å². The summed E-state index contributed by atoms with van der Waals surface area (Å²) in [4.78, 5) is 16.6. The van der Waals surface area contributed by atoms with Gasteiger partial charge in [-0.15, -0.1) is 6.58 Å². The standard InChI is InChI=1S/C15H14N4O2/c1-3-8-18-10-16-14-13(15(18)20)9-17-19(14)11-4-6-12(21-2)7-5-11/h3-7,9-10H,1,8H2,2H3. The van der Waals surface area contributed by atoms with Crippen LogP contribution in [0.15, 0.2) is 54.2 Å². The van der Waals surface area contributed by atoms with Crippen LogP contribution in [0.1, 0.15) is 0 Å². The summed E-state index contributed by atoms with van der Waals surface area (Å²) in [5, 5.41) is 4.74. The number of methoxy groups -OCH3 is 1. The number of rotatable bonds is 4. The molecule has 3 aromatic rings. The second-order valence-electron chi connectivity index (χ2n) is 4.48. The average Bonchev–Trinajstić information content (AvgIpc) is 2.95. The molecule has 0 N–H and O–H groups in total. The lowest BCUT2D eigenvalue weighted by Crippen LogP contribution is -2.19. The average molecular weight is 282 g/mol. The molecule has 0 atom stereocenters. The summed E-state index contributed by atoms with van der Waals surface area (Å²) in [6.45, 7) is 4.05. The molecule has 6 nitrogen and oxygen atoms in total. The normalized spacial score (nSPS) is 10.7. The zero-order valence-corrected chi connectivity index (χ0v) is 11.6. The maximum Gasteiger partial charge on any atom is 0.264 e. The van der Waals surface area contributed by atoms with Crippen LogP contribution in [0.3, 0.4) is 0 Å². The van der Waals surface area contributed by atoms with Gasteiger partial charge in [-0.25, -0.2) is 9.67 Å². The molecule has 2 aromatic heterocycles. The van der Waals surface area contributed by atoms with Crippen LogP contribution in [-0.2, 0) is 6.54 Å². The van der Waals surface area contributed by atoms with Gasteiger partial charge in [-0.3, -0.25) is 9.36 Å². The number of fused-ring (bicyclic) bond motifs is 1. The minimum Gasteiger partial charge on any atom is -0.497 e. The number of hydrogen-bond acceptors (Lipinski definition) is 4. The summed E-state index contributed by atoms with van der Waals surface area (Å²) in [7, 11) is 1.61. The van der Waals surface area contributed by atoms with Gasteiger partial charge in [0.25, 0.3) is 5.56 Å². The first-order valence-electron chi connectivity index (χ1n) is 6.43. The van der Waals surface area contributed by atoms with E-state index in [0.29, 0.717) is 17.6 Å². The Labute approximate surface area is 120 Å². The highest BCUT2D eigenvalue weighted by Crippen LogP contribution is 2.17. The smallest absolute Gasteiger partial charge is 0.264 e. The third-order valence-corrected chi connectivity index (χ3v) is 3.20. The molecule has 0 radical (unpaired) electrons. The summed E-state index contributed by atoms with van der Waals surface area (Å²) >= 11 is 0. The molecular weight excluding hydrogens is 268 g/mol. The Kier molecular flexibility index (Phi) is 3.27. The van der Waals surface area contributed by atoms with Crippen LogP contribution in [0.2, 0.25) is 0 Å². The van der Waals surface area contributed by atoms with Crippen molar-refractivity contribution in [1.29, 1.82) is 0 Å². The van der Waals surface area contributed by atoms with Crippen molar-refractivity contribution in [2.45, 2.75) is 6.54 Å². The van der Waals surface area contributed by atoms with Gasteiger partial charge in [0.15, 0.2) is 5.65 Å². The molecule has 21 heavy (non-hydrogen) atoms. The zero-order valence-electron chi connectivity index (χ0n) is 11.6. The second kappa shape index (κ2) is 5.24. The molecule has 0 aliphatic carbocycles. The molecule has 0 bridgehead atoms. The molecule has 0 amide bonds. The number of ether oxygens (including phenoxy) is 1. The van der Waals surface area contributed by atoms with Gasteiger partial charge in [-0.1, -0.05) is 6.08 Å². The zero-order chi connectivity index (χ0) is 14.8. The van der Waals surface area contributed by atoms with Crippen LogP contribution in [0, 0.1) is 0 Å². The number of nitrogens with zero attached hydrogens (tertiary/aromatic N) is 4. The van der Waals surface area contributed by atoms with Gasteiger partial charge in [-0.2, -0.15) is 5.10 Å². The molecular formula is C15H14N4O2. The number of aromatic nitrogens is 4. The molecule has 0 unspecified atom stereocenters. The first-order chi connectivity index (χ1) is 10.2. The molecule has 2 heterocycles. The summed E-state index contributed by atoms with van der Waals surface area (Å²) in [6.07, 6.45) is 4.70. The highest BCUT2D eigenvalue weighted by Gasteiger charge is 2.10. The summed E-state index contributed by atoms with van der Waals surface area (Å²) < 4.78 is 8.26. The molecule has 0 aliphatic rings. The van der Waals surface area contributed by atoms with Crippen LogP contribution in [0.25, 0.3) is 16.7 Å². The van der Waals surface area contributed by atoms with Gasteiger partial charge in [-0.05, 0) is 24.3 Å². The van der Waals surface area contributed by atoms with Crippen molar-refractivity contribution < 1.29 is 4.74 Å². The van der Waals surface area contributed by atoms with E-state index in [1.54, 1.807) is 17.9 Å². The van der Waals surface area contributed by atoms with Gasteiger partial charge >= 0.3 is 0 Å². The van der Waals surface area contributed by atoms with Crippen molar-refractivity contribution in [3.63, 3.8) is 0 Å². The lowest BCUT2D eigenvalue weighted by Gasteiger charge is -2.05. The molecule has 106 valence electrons. The lowest BCUT2D eigenvalue weighted by molar-refractivity contribution is 0.414. The Morgan fingerprint density at radius 2 is 2.10 bits per heavy atom. The Morgan fingerprint density at radius 3 is 2.76 bits per heavy atom. The molecule has 0 spiro atoms. The summed E-state index contributed by atoms with van der Waals surface area (Å²) in [6, 6.07) is 7.40. The van der Waals surface area contributed by atoms with E-state index < -0.39 is 0 Å². The fourth-order valence-electron chi connectivity index (χ4n) is 2.13. The van der Waals surface area contributed by atoms with E-state index >= 15 is 0 Å². The summed E-state index contributed by atoms with van der Waals surface area (Å²) in [5.41, 5.74) is 1.23. The molecule has 6 heteroatoms. The third-order valence-electron chi connectivity index (χ3n) is 3.20. The minimum absolute atomic E-state index is 0.125. The summed E-state index contributed by atoms with van der Waals surface area (Å²) in [5.74, 6) is 0.761. The van der Waals surface area contributed by atoms with Gasteiger partial charge in [0, 0.05) is 6.54 Å². The predicted octanol–water partition coefficient (Wildman–Crippen LogP) is 1.78. The Bertz CT molecular complexity index is 846. The molecule has 0 saturated carbocycles. The second-order valence-corrected chi connectivity index (χ2v) is 4.48. The Morgan fingerprint density at radius 1 is 1.33 bits per heavy atom. The largest absolute Gasteiger partial charge is 0.497 e. The highest BCUT2D eigenvalue weighted by molar-refractivity contribution is 5.74. The van der Waals surface area contributed by atoms with Crippen molar-refractivity contribution in [1.82, 2.24) is 19.3 Å². The lowest BCUT2D eigenvalue weighted by atomic mass is 10.3. The quantitative estimate of drug-likeness (QED) is 0.684. The van der Waals surface area contributed by atoms with E-state index in [1.807, 2.05) is 24.3 Å². The van der Waals surface area contributed by atoms with Crippen LogP contribution < -0.4 is 10.3 Å². The Hall–Kier alpha value is -2.89. The van der Waals surface area contributed by atoms with Crippen molar-refractivity contribution in [3.8, 4) is 11.4 Å². The maximum absolute atomic E-state index is 12.3. The molecule has 0 fully saturated rings. The van der Waals surface area contributed by atoms with Crippen LogP contribution in [0.5, 0.6) is 5.75 Å². The van der Waals surface area contributed by atoms with Crippen LogP contribution >= 0.6 is 0 Å². The van der Waals surface area contributed by atoms with E-state index in [1.165, 1.54) is 17.1 Å². The Balaban J connectivity index is 2.13. The third kappa shape index (κ3) is 2.20. The number of hydrogen-bond donors (Lipinski definition) is 0. The molecule has 0 saturated heterocycles. The minimum atomic E-state index is -0.125. The topological polar surface area (TPSA) is 61.9 Å². The van der Waals surface area contributed by atoms with Crippen molar-refractivity contribution in [2.24, 2.45) is 0 Å². The van der Waals surface area contributed by atoms with Gasteiger partial charge < -0.3 is 4.74 Å². The molecule has 3 rings (SSSR count).